The maximum Gasteiger partial charge on any atom is 0.0874 e. The third-order valence-electron chi connectivity index (χ3n) is 2.23. The van der Waals surface area contributed by atoms with Crippen molar-refractivity contribution in [3.63, 3.8) is 0 Å². The molecule has 0 saturated heterocycles. The Kier molecular flexibility index (Phi) is 6.37. The molecule has 3 rings (SSSR count). The molecule has 2 N–H and O–H groups in total. The van der Waals surface area contributed by atoms with Gasteiger partial charge in [-0.25, -0.2) is 5.53 Å². The predicted octanol–water partition coefficient (Wildman–Crippen LogP) is 3.84. The largest absolute Gasteiger partial charge is 0.284 e. The van der Waals surface area contributed by atoms with Gasteiger partial charge in [0.1, 0.15) is 0 Å². The lowest BCUT2D eigenvalue weighted by Gasteiger charge is -2.02. The molecule has 1 aromatic heterocycles. The Balaban J connectivity index is 0.000000272. The number of rotatable bonds is 4. The molecular weight excluding hydrogens is 284 g/mol. The standard InChI is InChI=1S/C12H12N4.C2H2N2S/c1-3-7-11(8-4-1)13-15-16-14-12-9-5-2-6-10-12;1-2-5-4-3-1/h1-10H,(H,13,16)(H,14,15);1-2H. The average Bonchev–Trinajstić information content (AvgIpc) is 3.13. The quantitative estimate of drug-likeness (QED) is 0.567. The Morgan fingerprint density at radius 3 is 2.19 bits per heavy atom. The van der Waals surface area contributed by atoms with E-state index in [1.807, 2.05) is 66.0 Å². The van der Waals surface area contributed by atoms with Crippen LogP contribution in [0.5, 0.6) is 0 Å². The molecule has 1 heterocycles. The van der Waals surface area contributed by atoms with E-state index in [0.29, 0.717) is 0 Å². The van der Waals surface area contributed by atoms with Gasteiger partial charge in [0, 0.05) is 5.38 Å². The van der Waals surface area contributed by atoms with Crippen LogP contribution in [0.25, 0.3) is 0 Å². The molecule has 3 aromatic rings. The zero-order valence-electron chi connectivity index (χ0n) is 11.1. The molecule has 7 heteroatoms. The Bertz CT molecular complexity index is 595. The number of nitrogens with zero attached hydrogens (tertiary/aromatic N) is 4. The summed E-state index contributed by atoms with van der Waals surface area (Å²) in [5.41, 5.74) is 7.31. The van der Waals surface area contributed by atoms with E-state index in [-0.39, 0.29) is 0 Å². The maximum absolute atomic E-state index is 3.97. The Labute approximate surface area is 126 Å². The first kappa shape index (κ1) is 14.6. The van der Waals surface area contributed by atoms with E-state index in [1.165, 1.54) is 11.5 Å². The van der Waals surface area contributed by atoms with Crippen LogP contribution in [0.1, 0.15) is 0 Å². The minimum Gasteiger partial charge on any atom is -0.284 e. The number of hydrogen-bond donors (Lipinski definition) is 2. The van der Waals surface area contributed by atoms with Gasteiger partial charge in [-0.15, -0.1) is 10.2 Å². The van der Waals surface area contributed by atoms with Gasteiger partial charge >= 0.3 is 0 Å². The topological polar surface area (TPSA) is 74.6 Å². The van der Waals surface area contributed by atoms with E-state index in [4.69, 9.17) is 0 Å². The molecule has 0 fully saturated rings. The van der Waals surface area contributed by atoms with Crippen LogP contribution in [-0.2, 0) is 0 Å². The van der Waals surface area contributed by atoms with Gasteiger partial charge in [0.2, 0.25) is 0 Å². The summed E-state index contributed by atoms with van der Waals surface area (Å²) in [5, 5.41) is 13.1. The van der Waals surface area contributed by atoms with E-state index in [2.05, 4.69) is 30.9 Å². The van der Waals surface area contributed by atoms with Crippen LogP contribution in [0.15, 0.2) is 82.6 Å². The normalized spacial score (nSPS) is 9.71. The fourth-order valence-corrected chi connectivity index (χ4v) is 1.60. The molecule has 0 aliphatic heterocycles. The van der Waals surface area contributed by atoms with E-state index < -0.39 is 0 Å². The smallest absolute Gasteiger partial charge is 0.0874 e. The van der Waals surface area contributed by atoms with Crippen molar-refractivity contribution >= 4 is 22.9 Å². The number of aromatic nitrogens is 2. The highest BCUT2D eigenvalue weighted by Gasteiger charge is 1.86. The van der Waals surface area contributed by atoms with Crippen LogP contribution >= 0.6 is 11.5 Å². The van der Waals surface area contributed by atoms with E-state index in [9.17, 15) is 0 Å². The SMILES string of the molecule is c1ccc(N=NNNc2ccccc2)cc1.c1csnn1. The van der Waals surface area contributed by atoms with Gasteiger partial charge in [0.05, 0.1) is 17.6 Å². The summed E-state index contributed by atoms with van der Waals surface area (Å²) >= 11 is 1.35. The Morgan fingerprint density at radius 2 is 1.62 bits per heavy atom. The van der Waals surface area contributed by atoms with E-state index in [1.54, 1.807) is 6.20 Å². The third-order valence-corrected chi connectivity index (χ3v) is 2.66. The molecule has 2 aromatic carbocycles. The summed E-state index contributed by atoms with van der Waals surface area (Å²) in [5.74, 6) is 0. The summed E-state index contributed by atoms with van der Waals surface area (Å²) in [7, 11) is 0. The summed E-state index contributed by atoms with van der Waals surface area (Å²) < 4.78 is 3.51. The molecular formula is C14H14N6S. The molecule has 0 aliphatic carbocycles. The van der Waals surface area contributed by atoms with Gasteiger partial charge < -0.3 is 0 Å². The van der Waals surface area contributed by atoms with Crippen LogP contribution in [0.3, 0.4) is 0 Å². The van der Waals surface area contributed by atoms with Crippen molar-refractivity contribution in [2.75, 3.05) is 5.43 Å². The van der Waals surface area contributed by atoms with Crippen molar-refractivity contribution in [3.05, 3.63) is 72.2 Å². The highest BCUT2D eigenvalue weighted by atomic mass is 32.1. The fraction of sp³-hybridized carbons (Fsp3) is 0. The van der Waals surface area contributed by atoms with Gasteiger partial charge in [-0.2, -0.15) is 0 Å². The van der Waals surface area contributed by atoms with Crippen molar-refractivity contribution in [2.45, 2.75) is 0 Å². The van der Waals surface area contributed by atoms with Gasteiger partial charge in [-0.3, -0.25) is 5.43 Å². The summed E-state index contributed by atoms with van der Waals surface area (Å²) in [6, 6.07) is 19.2. The second-order valence-electron chi connectivity index (χ2n) is 3.73. The summed E-state index contributed by atoms with van der Waals surface area (Å²) in [6.07, 6.45) is 1.66. The van der Waals surface area contributed by atoms with E-state index >= 15 is 0 Å². The molecule has 106 valence electrons. The van der Waals surface area contributed by atoms with Gasteiger partial charge in [0.15, 0.2) is 0 Å². The lowest BCUT2D eigenvalue weighted by molar-refractivity contribution is 0.806. The van der Waals surface area contributed by atoms with Crippen LogP contribution in [0.4, 0.5) is 11.4 Å². The number of nitrogens with one attached hydrogen (secondary N) is 2. The molecule has 0 spiro atoms. The van der Waals surface area contributed by atoms with E-state index in [0.717, 1.165) is 11.4 Å². The van der Waals surface area contributed by atoms with Crippen molar-refractivity contribution in [1.82, 2.24) is 15.1 Å². The monoisotopic (exact) mass is 298 g/mol. The Hall–Kier alpha value is -2.80. The van der Waals surface area contributed by atoms with Gasteiger partial charge in [0.25, 0.3) is 0 Å². The van der Waals surface area contributed by atoms with Gasteiger partial charge in [-0.05, 0) is 35.8 Å². The van der Waals surface area contributed by atoms with Gasteiger partial charge in [-0.1, -0.05) is 46.1 Å². The second kappa shape index (κ2) is 9.16. The average molecular weight is 298 g/mol. The van der Waals surface area contributed by atoms with Crippen molar-refractivity contribution < 1.29 is 0 Å². The van der Waals surface area contributed by atoms with Crippen molar-refractivity contribution in [3.8, 4) is 0 Å². The number of benzene rings is 2. The minimum absolute atomic E-state index is 0.810. The zero-order valence-corrected chi connectivity index (χ0v) is 11.9. The lowest BCUT2D eigenvalue weighted by atomic mass is 10.3. The first-order chi connectivity index (χ1) is 10.4. The maximum atomic E-state index is 3.97. The molecule has 0 unspecified atom stereocenters. The molecule has 0 atom stereocenters. The molecule has 0 bridgehead atoms. The molecule has 0 amide bonds. The predicted molar refractivity (Wildman–Crippen MR) is 84.1 cm³/mol. The van der Waals surface area contributed by atoms with Crippen molar-refractivity contribution in [2.24, 2.45) is 10.3 Å². The number of hydrogen-bond acceptors (Lipinski definition) is 6. The molecule has 6 nitrogen and oxygen atoms in total. The van der Waals surface area contributed by atoms with Crippen molar-refractivity contribution in [1.29, 1.82) is 0 Å². The molecule has 21 heavy (non-hydrogen) atoms. The lowest BCUT2D eigenvalue weighted by Crippen LogP contribution is -2.13. The minimum atomic E-state index is 0.810. The second-order valence-corrected chi connectivity index (χ2v) is 4.37. The Morgan fingerprint density at radius 1 is 0.905 bits per heavy atom. The number of para-hydroxylation sites is 1. The molecule has 0 saturated carbocycles. The zero-order chi connectivity index (χ0) is 14.6. The third kappa shape index (κ3) is 6.26. The number of hydrazine groups is 1. The highest BCUT2D eigenvalue weighted by Crippen LogP contribution is 2.09. The van der Waals surface area contributed by atoms with Crippen LogP contribution in [0, 0.1) is 0 Å². The van der Waals surface area contributed by atoms with Crippen LogP contribution in [0.2, 0.25) is 0 Å². The first-order valence-corrected chi connectivity index (χ1v) is 7.01. The van der Waals surface area contributed by atoms with Crippen LogP contribution < -0.4 is 11.0 Å². The summed E-state index contributed by atoms with van der Waals surface area (Å²) in [4.78, 5) is 0. The number of anilines is 1. The summed E-state index contributed by atoms with van der Waals surface area (Å²) in [6.45, 7) is 0. The highest BCUT2D eigenvalue weighted by molar-refractivity contribution is 7.03. The van der Waals surface area contributed by atoms with Crippen LogP contribution in [-0.4, -0.2) is 9.59 Å². The molecule has 0 aliphatic rings. The first-order valence-electron chi connectivity index (χ1n) is 6.18. The molecule has 0 radical (unpaired) electrons. The fourth-order valence-electron chi connectivity index (χ4n) is 1.32.